The zero-order chi connectivity index (χ0) is 14.0. The Morgan fingerprint density at radius 3 is 2.32 bits per heavy atom. The predicted molar refractivity (Wildman–Crippen MR) is 82.5 cm³/mol. The third kappa shape index (κ3) is 3.37. The average Bonchev–Trinajstić information content (AvgIpc) is 2.76. The molecule has 1 heterocycles. The molecule has 2 heteroatoms. The average molecular weight is 260 g/mol. The molecule has 2 nitrogen and oxygen atoms in total. The highest BCUT2D eigenvalue weighted by atomic mass is 15.1. The maximum Gasteiger partial charge on any atom is 0.00134 e. The SMILES string of the molecule is CN1CCC(C(CN)c2ccc(C(C)(C)C)cc2)C1. The van der Waals surface area contributed by atoms with E-state index in [0.717, 1.165) is 12.5 Å². The summed E-state index contributed by atoms with van der Waals surface area (Å²) < 4.78 is 0. The molecule has 0 amide bonds. The zero-order valence-electron chi connectivity index (χ0n) is 12.8. The molecule has 1 fully saturated rings. The normalized spacial score (nSPS) is 22.7. The van der Waals surface area contributed by atoms with Crippen molar-refractivity contribution in [1.82, 2.24) is 4.90 Å². The highest BCUT2D eigenvalue weighted by molar-refractivity contribution is 5.30. The lowest BCUT2D eigenvalue weighted by Gasteiger charge is -2.24. The smallest absolute Gasteiger partial charge is 0.00134 e. The summed E-state index contributed by atoms with van der Waals surface area (Å²) in [5, 5.41) is 0. The first-order valence-electron chi connectivity index (χ1n) is 7.41. The summed E-state index contributed by atoms with van der Waals surface area (Å²) in [6.07, 6.45) is 1.28. The molecule has 1 aliphatic rings. The number of nitrogens with two attached hydrogens (primary N) is 1. The first-order valence-corrected chi connectivity index (χ1v) is 7.41. The third-order valence-electron chi connectivity index (χ3n) is 4.46. The van der Waals surface area contributed by atoms with Crippen molar-refractivity contribution in [3.05, 3.63) is 35.4 Å². The van der Waals surface area contributed by atoms with Crippen LogP contribution in [0.4, 0.5) is 0 Å². The Bertz CT molecular complexity index is 402. The van der Waals surface area contributed by atoms with E-state index in [0.29, 0.717) is 5.92 Å². The lowest BCUT2D eigenvalue weighted by atomic mass is 9.82. The van der Waals surface area contributed by atoms with Crippen molar-refractivity contribution >= 4 is 0 Å². The van der Waals surface area contributed by atoms with Crippen LogP contribution in [0.1, 0.15) is 44.2 Å². The van der Waals surface area contributed by atoms with Gasteiger partial charge >= 0.3 is 0 Å². The van der Waals surface area contributed by atoms with Crippen molar-refractivity contribution in [2.24, 2.45) is 11.7 Å². The van der Waals surface area contributed by atoms with E-state index in [1.54, 1.807) is 0 Å². The molecule has 0 saturated carbocycles. The van der Waals surface area contributed by atoms with Crippen molar-refractivity contribution in [2.45, 2.75) is 38.5 Å². The topological polar surface area (TPSA) is 29.3 Å². The Morgan fingerprint density at radius 1 is 1.26 bits per heavy atom. The molecule has 0 bridgehead atoms. The van der Waals surface area contributed by atoms with E-state index in [-0.39, 0.29) is 5.41 Å². The highest BCUT2D eigenvalue weighted by Crippen LogP contribution is 2.32. The summed E-state index contributed by atoms with van der Waals surface area (Å²) in [4.78, 5) is 2.41. The summed E-state index contributed by atoms with van der Waals surface area (Å²) >= 11 is 0. The summed E-state index contributed by atoms with van der Waals surface area (Å²) in [6.45, 7) is 9.93. The minimum absolute atomic E-state index is 0.227. The molecule has 2 rings (SSSR count). The van der Waals surface area contributed by atoms with Crippen LogP contribution in [-0.2, 0) is 5.41 Å². The van der Waals surface area contributed by atoms with E-state index < -0.39 is 0 Å². The van der Waals surface area contributed by atoms with Crippen LogP contribution in [0.25, 0.3) is 0 Å². The van der Waals surface area contributed by atoms with E-state index in [1.165, 1.54) is 30.6 Å². The van der Waals surface area contributed by atoms with Gasteiger partial charge in [-0.1, -0.05) is 45.0 Å². The molecule has 0 spiro atoms. The fourth-order valence-electron chi connectivity index (χ4n) is 3.13. The molecule has 2 atom stereocenters. The van der Waals surface area contributed by atoms with Crippen LogP contribution in [0, 0.1) is 5.92 Å². The Hall–Kier alpha value is -0.860. The highest BCUT2D eigenvalue weighted by Gasteiger charge is 2.28. The second-order valence-electron chi connectivity index (χ2n) is 7.03. The summed E-state index contributed by atoms with van der Waals surface area (Å²) in [5.74, 6) is 1.23. The Morgan fingerprint density at radius 2 is 1.89 bits per heavy atom. The van der Waals surface area contributed by atoms with Gasteiger partial charge in [0, 0.05) is 12.5 Å². The van der Waals surface area contributed by atoms with Crippen LogP contribution in [0.15, 0.2) is 24.3 Å². The largest absolute Gasteiger partial charge is 0.330 e. The molecule has 1 aliphatic heterocycles. The van der Waals surface area contributed by atoms with Gasteiger partial charge in [0.25, 0.3) is 0 Å². The number of hydrogen-bond donors (Lipinski definition) is 1. The summed E-state index contributed by atoms with van der Waals surface area (Å²) in [5.41, 5.74) is 9.07. The van der Waals surface area contributed by atoms with Crippen LogP contribution in [0.3, 0.4) is 0 Å². The van der Waals surface area contributed by atoms with Crippen molar-refractivity contribution in [3.63, 3.8) is 0 Å². The maximum absolute atomic E-state index is 6.04. The minimum atomic E-state index is 0.227. The van der Waals surface area contributed by atoms with Gasteiger partial charge in [0.05, 0.1) is 0 Å². The fraction of sp³-hybridized carbons (Fsp3) is 0.647. The zero-order valence-corrected chi connectivity index (χ0v) is 12.8. The number of nitrogens with zero attached hydrogens (tertiary/aromatic N) is 1. The van der Waals surface area contributed by atoms with Gasteiger partial charge in [-0.2, -0.15) is 0 Å². The van der Waals surface area contributed by atoms with Gasteiger partial charge in [-0.25, -0.2) is 0 Å². The van der Waals surface area contributed by atoms with Gasteiger partial charge < -0.3 is 10.6 Å². The second kappa shape index (κ2) is 5.64. The monoisotopic (exact) mass is 260 g/mol. The van der Waals surface area contributed by atoms with Gasteiger partial charge in [-0.15, -0.1) is 0 Å². The summed E-state index contributed by atoms with van der Waals surface area (Å²) in [7, 11) is 2.20. The van der Waals surface area contributed by atoms with E-state index in [1.807, 2.05) is 0 Å². The van der Waals surface area contributed by atoms with Gasteiger partial charge in [0.1, 0.15) is 0 Å². The van der Waals surface area contributed by atoms with E-state index in [9.17, 15) is 0 Å². The standard InChI is InChI=1S/C17H28N2/c1-17(2,3)15-7-5-13(6-8-15)16(11-18)14-9-10-19(4)12-14/h5-8,14,16H,9-12,18H2,1-4H3. The molecule has 19 heavy (non-hydrogen) atoms. The Labute approximate surface area is 118 Å². The van der Waals surface area contributed by atoms with Crippen LogP contribution >= 0.6 is 0 Å². The number of benzene rings is 1. The molecular weight excluding hydrogens is 232 g/mol. The van der Waals surface area contributed by atoms with Crippen molar-refractivity contribution in [1.29, 1.82) is 0 Å². The van der Waals surface area contributed by atoms with E-state index in [4.69, 9.17) is 5.73 Å². The van der Waals surface area contributed by atoms with E-state index >= 15 is 0 Å². The van der Waals surface area contributed by atoms with E-state index in [2.05, 4.69) is 57.0 Å². The van der Waals surface area contributed by atoms with Crippen LogP contribution in [-0.4, -0.2) is 31.6 Å². The van der Waals surface area contributed by atoms with Crippen molar-refractivity contribution in [3.8, 4) is 0 Å². The van der Waals surface area contributed by atoms with Crippen molar-refractivity contribution in [2.75, 3.05) is 26.7 Å². The van der Waals surface area contributed by atoms with Crippen molar-refractivity contribution < 1.29 is 0 Å². The Balaban J connectivity index is 2.15. The van der Waals surface area contributed by atoms with Gasteiger partial charge in [0.15, 0.2) is 0 Å². The number of likely N-dealkylation sites (tertiary alicyclic amines) is 1. The molecule has 1 aromatic rings. The lowest BCUT2D eigenvalue weighted by molar-refractivity contribution is 0.371. The molecule has 0 aromatic heterocycles. The molecule has 0 radical (unpaired) electrons. The first-order chi connectivity index (χ1) is 8.91. The van der Waals surface area contributed by atoms with Gasteiger partial charge in [-0.3, -0.25) is 0 Å². The summed E-state index contributed by atoms with van der Waals surface area (Å²) in [6, 6.07) is 9.13. The van der Waals surface area contributed by atoms with Crippen LogP contribution < -0.4 is 5.73 Å². The predicted octanol–water partition coefficient (Wildman–Crippen LogP) is 2.98. The molecular formula is C17H28N2. The number of hydrogen-bond acceptors (Lipinski definition) is 2. The minimum Gasteiger partial charge on any atom is -0.330 e. The fourth-order valence-corrected chi connectivity index (χ4v) is 3.13. The van der Waals surface area contributed by atoms with Gasteiger partial charge in [-0.05, 0) is 49.0 Å². The molecule has 1 saturated heterocycles. The van der Waals surface area contributed by atoms with Crippen LogP contribution in [0.5, 0.6) is 0 Å². The molecule has 2 N–H and O–H groups in total. The van der Waals surface area contributed by atoms with Gasteiger partial charge in [0.2, 0.25) is 0 Å². The third-order valence-corrected chi connectivity index (χ3v) is 4.46. The number of rotatable bonds is 3. The quantitative estimate of drug-likeness (QED) is 0.905. The second-order valence-corrected chi connectivity index (χ2v) is 7.03. The molecule has 2 unspecified atom stereocenters. The molecule has 1 aromatic carbocycles. The Kier molecular flexibility index (Phi) is 4.32. The van der Waals surface area contributed by atoms with Crippen LogP contribution in [0.2, 0.25) is 0 Å². The first kappa shape index (κ1) is 14.5. The molecule has 106 valence electrons. The lowest BCUT2D eigenvalue weighted by Crippen LogP contribution is -2.24. The molecule has 0 aliphatic carbocycles. The maximum atomic E-state index is 6.04.